The summed E-state index contributed by atoms with van der Waals surface area (Å²) in [6.07, 6.45) is -0.00352. The van der Waals surface area contributed by atoms with Gasteiger partial charge in [-0.2, -0.15) is 0 Å². The molecule has 3 nitrogen and oxygen atoms in total. The van der Waals surface area contributed by atoms with Gasteiger partial charge in [-0.15, -0.1) is 0 Å². The molecule has 0 aliphatic heterocycles. The van der Waals surface area contributed by atoms with Gasteiger partial charge < -0.3 is 10.8 Å². The van der Waals surface area contributed by atoms with Gasteiger partial charge in [-0.1, -0.05) is 6.07 Å². The SMILES string of the molecule is NCC[C@H](O)c1cccc(Br)n1. The third-order valence-corrected chi connectivity index (χ3v) is 1.96. The van der Waals surface area contributed by atoms with Crippen LogP contribution in [0.3, 0.4) is 0 Å². The van der Waals surface area contributed by atoms with Crippen molar-refractivity contribution in [3.63, 3.8) is 0 Å². The lowest BCUT2D eigenvalue weighted by molar-refractivity contribution is 0.165. The minimum Gasteiger partial charge on any atom is -0.387 e. The average molecular weight is 231 g/mol. The van der Waals surface area contributed by atoms with Crippen LogP contribution in [0.5, 0.6) is 0 Å². The van der Waals surface area contributed by atoms with Gasteiger partial charge in [0.2, 0.25) is 0 Å². The first-order chi connectivity index (χ1) is 5.74. The number of aliphatic hydroxyl groups excluding tert-OH is 1. The van der Waals surface area contributed by atoms with Crippen LogP contribution in [0.4, 0.5) is 0 Å². The molecule has 3 N–H and O–H groups in total. The highest BCUT2D eigenvalue weighted by molar-refractivity contribution is 9.10. The summed E-state index contributed by atoms with van der Waals surface area (Å²) in [5.74, 6) is 0. The van der Waals surface area contributed by atoms with Crippen molar-refractivity contribution in [2.75, 3.05) is 6.54 Å². The molecule has 0 aliphatic carbocycles. The minimum absolute atomic E-state index is 0.468. The normalized spacial score (nSPS) is 12.9. The topological polar surface area (TPSA) is 59.1 Å². The molecular weight excluding hydrogens is 220 g/mol. The van der Waals surface area contributed by atoms with Gasteiger partial charge in [0.05, 0.1) is 11.8 Å². The molecule has 66 valence electrons. The van der Waals surface area contributed by atoms with E-state index in [0.717, 1.165) is 4.60 Å². The van der Waals surface area contributed by atoms with E-state index in [9.17, 15) is 5.11 Å². The Hall–Kier alpha value is -0.450. The number of nitrogens with two attached hydrogens (primary N) is 1. The monoisotopic (exact) mass is 230 g/mol. The molecule has 1 aromatic heterocycles. The van der Waals surface area contributed by atoms with E-state index in [4.69, 9.17) is 5.73 Å². The van der Waals surface area contributed by atoms with E-state index in [2.05, 4.69) is 20.9 Å². The zero-order valence-electron chi connectivity index (χ0n) is 6.57. The van der Waals surface area contributed by atoms with Crippen LogP contribution in [0.1, 0.15) is 18.2 Å². The molecule has 0 aliphatic rings. The second-order valence-electron chi connectivity index (χ2n) is 2.48. The first-order valence-corrected chi connectivity index (χ1v) is 4.54. The quantitative estimate of drug-likeness (QED) is 0.769. The van der Waals surface area contributed by atoms with Gasteiger partial charge in [0.25, 0.3) is 0 Å². The van der Waals surface area contributed by atoms with Crippen molar-refractivity contribution < 1.29 is 5.11 Å². The lowest BCUT2D eigenvalue weighted by Crippen LogP contribution is -2.07. The predicted octanol–water partition coefficient (Wildman–Crippen LogP) is 1.23. The van der Waals surface area contributed by atoms with Gasteiger partial charge in [-0.25, -0.2) is 4.98 Å². The molecule has 0 fully saturated rings. The van der Waals surface area contributed by atoms with Crippen LogP contribution in [-0.2, 0) is 0 Å². The van der Waals surface area contributed by atoms with Crippen molar-refractivity contribution in [2.45, 2.75) is 12.5 Å². The van der Waals surface area contributed by atoms with Crippen LogP contribution in [0.15, 0.2) is 22.8 Å². The van der Waals surface area contributed by atoms with Gasteiger partial charge in [0.1, 0.15) is 4.60 Å². The van der Waals surface area contributed by atoms with Crippen LogP contribution < -0.4 is 5.73 Å². The van der Waals surface area contributed by atoms with E-state index < -0.39 is 6.10 Å². The molecule has 0 unspecified atom stereocenters. The molecule has 4 heteroatoms. The highest BCUT2D eigenvalue weighted by Gasteiger charge is 2.07. The second-order valence-corrected chi connectivity index (χ2v) is 3.29. The van der Waals surface area contributed by atoms with Crippen molar-refractivity contribution >= 4 is 15.9 Å². The summed E-state index contributed by atoms with van der Waals surface area (Å²) < 4.78 is 0.732. The van der Waals surface area contributed by atoms with Gasteiger partial charge in [0, 0.05) is 0 Å². The van der Waals surface area contributed by atoms with Crippen LogP contribution >= 0.6 is 15.9 Å². The van der Waals surface area contributed by atoms with Gasteiger partial charge in [-0.05, 0) is 41.0 Å². The fraction of sp³-hybridized carbons (Fsp3) is 0.375. The zero-order chi connectivity index (χ0) is 8.97. The molecule has 1 atom stereocenters. The van der Waals surface area contributed by atoms with E-state index in [1.165, 1.54) is 0 Å². The Balaban J connectivity index is 2.73. The maximum absolute atomic E-state index is 9.48. The van der Waals surface area contributed by atoms with Crippen molar-refractivity contribution in [1.29, 1.82) is 0 Å². The van der Waals surface area contributed by atoms with Crippen molar-refractivity contribution in [3.8, 4) is 0 Å². The summed E-state index contributed by atoms with van der Waals surface area (Å²) in [6.45, 7) is 0.468. The number of halogens is 1. The zero-order valence-corrected chi connectivity index (χ0v) is 8.16. The maximum Gasteiger partial charge on any atom is 0.106 e. The van der Waals surface area contributed by atoms with E-state index in [1.54, 1.807) is 6.07 Å². The summed E-state index contributed by atoms with van der Waals surface area (Å²) in [4.78, 5) is 4.10. The first kappa shape index (κ1) is 9.64. The molecular formula is C8H11BrN2O. The smallest absolute Gasteiger partial charge is 0.106 e. The Morgan fingerprint density at radius 3 is 2.92 bits per heavy atom. The number of aliphatic hydroxyl groups is 1. The van der Waals surface area contributed by atoms with Gasteiger partial charge in [-0.3, -0.25) is 0 Å². The van der Waals surface area contributed by atoms with Crippen LogP contribution in [0, 0.1) is 0 Å². The Kier molecular flexibility index (Phi) is 3.65. The average Bonchev–Trinajstić information content (AvgIpc) is 2.05. The maximum atomic E-state index is 9.48. The molecule has 0 saturated heterocycles. The van der Waals surface area contributed by atoms with Crippen LogP contribution in [-0.4, -0.2) is 16.6 Å². The Morgan fingerprint density at radius 1 is 1.58 bits per heavy atom. The fourth-order valence-corrected chi connectivity index (χ4v) is 1.27. The Bertz CT molecular complexity index is 255. The molecule has 0 radical (unpaired) electrons. The number of hydrogen-bond acceptors (Lipinski definition) is 3. The highest BCUT2D eigenvalue weighted by Crippen LogP contribution is 2.15. The van der Waals surface area contributed by atoms with Crippen molar-refractivity contribution in [1.82, 2.24) is 4.98 Å². The standard InChI is InChI=1S/C8H11BrN2O/c9-8-3-1-2-6(11-8)7(12)4-5-10/h1-3,7,12H,4-5,10H2/t7-/m0/s1. The Labute approximate surface area is 79.7 Å². The summed E-state index contributed by atoms with van der Waals surface area (Å²) in [5, 5.41) is 9.48. The lowest BCUT2D eigenvalue weighted by atomic mass is 10.2. The number of hydrogen-bond donors (Lipinski definition) is 2. The van der Waals surface area contributed by atoms with Crippen LogP contribution in [0.25, 0.3) is 0 Å². The molecule has 0 bridgehead atoms. The van der Waals surface area contributed by atoms with Gasteiger partial charge >= 0.3 is 0 Å². The van der Waals surface area contributed by atoms with E-state index in [-0.39, 0.29) is 0 Å². The van der Waals surface area contributed by atoms with E-state index >= 15 is 0 Å². The molecule has 0 amide bonds. The lowest BCUT2D eigenvalue weighted by Gasteiger charge is -2.07. The molecule has 1 rings (SSSR count). The molecule has 0 spiro atoms. The predicted molar refractivity (Wildman–Crippen MR) is 50.6 cm³/mol. The summed E-state index contributed by atoms with van der Waals surface area (Å²) in [5.41, 5.74) is 5.97. The number of rotatable bonds is 3. The van der Waals surface area contributed by atoms with Crippen molar-refractivity contribution in [2.24, 2.45) is 5.73 Å². The second kappa shape index (κ2) is 4.54. The van der Waals surface area contributed by atoms with Crippen LogP contribution in [0.2, 0.25) is 0 Å². The third kappa shape index (κ3) is 2.55. The minimum atomic E-state index is -0.549. The largest absolute Gasteiger partial charge is 0.387 e. The molecule has 1 heterocycles. The number of nitrogens with zero attached hydrogens (tertiary/aromatic N) is 1. The fourth-order valence-electron chi connectivity index (χ4n) is 0.915. The molecule has 0 aromatic carbocycles. The summed E-state index contributed by atoms with van der Waals surface area (Å²) >= 11 is 3.23. The summed E-state index contributed by atoms with van der Waals surface area (Å²) in [7, 11) is 0. The third-order valence-electron chi connectivity index (χ3n) is 1.52. The Morgan fingerprint density at radius 2 is 2.33 bits per heavy atom. The first-order valence-electron chi connectivity index (χ1n) is 3.74. The van der Waals surface area contributed by atoms with E-state index in [0.29, 0.717) is 18.7 Å². The van der Waals surface area contributed by atoms with E-state index in [1.807, 2.05) is 12.1 Å². The number of pyridine rings is 1. The highest BCUT2D eigenvalue weighted by atomic mass is 79.9. The summed E-state index contributed by atoms with van der Waals surface area (Å²) in [6, 6.07) is 5.44. The van der Waals surface area contributed by atoms with Crippen molar-refractivity contribution in [3.05, 3.63) is 28.5 Å². The number of aromatic nitrogens is 1. The molecule has 12 heavy (non-hydrogen) atoms. The molecule has 0 saturated carbocycles. The van der Waals surface area contributed by atoms with Gasteiger partial charge in [0.15, 0.2) is 0 Å². The molecule has 1 aromatic rings.